The van der Waals surface area contributed by atoms with Crippen LogP contribution in [0.5, 0.6) is 0 Å². The van der Waals surface area contributed by atoms with Gasteiger partial charge in [0, 0.05) is 0 Å². The van der Waals surface area contributed by atoms with Gasteiger partial charge in [-0.15, -0.1) is 23.2 Å². The van der Waals surface area contributed by atoms with E-state index in [1.54, 1.807) is 0 Å². The zero-order chi connectivity index (χ0) is 6.57. The van der Waals surface area contributed by atoms with E-state index in [4.69, 9.17) is 34.3 Å². The fourth-order valence-corrected chi connectivity index (χ4v) is 1.91. The fourth-order valence-electron chi connectivity index (χ4n) is 0.308. The fraction of sp³-hybridized carbons (Fsp3) is 1.00. The van der Waals surface area contributed by atoms with Crippen molar-refractivity contribution in [3.63, 3.8) is 0 Å². The zero-order valence-electron chi connectivity index (χ0n) is 4.63. The Bertz CT molecular complexity index is 47.2. The molecule has 4 heteroatoms. The molecule has 0 aliphatic heterocycles. The lowest BCUT2D eigenvalue weighted by atomic mass is 10.6. The molecular formula is C4H8Cl3Si. The van der Waals surface area contributed by atoms with Gasteiger partial charge in [0.2, 0.25) is 0 Å². The van der Waals surface area contributed by atoms with Crippen molar-refractivity contribution in [3.05, 3.63) is 0 Å². The maximum Gasteiger partial charge on any atom is 0.162 e. The molecule has 0 spiro atoms. The summed E-state index contributed by atoms with van der Waals surface area (Å²) in [5.41, 5.74) is 0. The molecule has 0 N–H and O–H groups in total. The van der Waals surface area contributed by atoms with Gasteiger partial charge in [-0.05, 0) is 12.5 Å². The molecule has 0 saturated heterocycles. The number of alkyl halides is 2. The summed E-state index contributed by atoms with van der Waals surface area (Å²) in [5, 5.41) is 0. The summed E-state index contributed by atoms with van der Waals surface area (Å²) in [4.78, 5) is -0.228. The van der Waals surface area contributed by atoms with Crippen molar-refractivity contribution in [1.29, 1.82) is 0 Å². The Morgan fingerprint density at radius 3 is 2.12 bits per heavy atom. The first-order chi connectivity index (χ1) is 3.63. The molecule has 0 aliphatic carbocycles. The number of halogens is 3. The van der Waals surface area contributed by atoms with Gasteiger partial charge in [0.1, 0.15) is 4.84 Å². The first-order valence-corrected chi connectivity index (χ1v) is 6.48. The minimum absolute atomic E-state index is 0.228. The van der Waals surface area contributed by atoms with E-state index in [9.17, 15) is 0 Å². The number of hydrogen-bond acceptors (Lipinski definition) is 0. The lowest BCUT2D eigenvalue weighted by Crippen LogP contribution is -1.97. The normalized spacial score (nSPS) is 11.2. The summed E-state index contributed by atoms with van der Waals surface area (Å²) in [7, 11) is -0.626. The Balaban J connectivity index is 2.93. The molecule has 0 aromatic rings. The molecule has 0 saturated carbocycles. The van der Waals surface area contributed by atoms with Crippen LogP contribution in [-0.4, -0.2) is 12.9 Å². The Morgan fingerprint density at radius 1 is 1.50 bits per heavy atom. The predicted molar refractivity (Wildman–Crippen MR) is 42.4 cm³/mol. The smallest absolute Gasteiger partial charge is 0.162 e. The summed E-state index contributed by atoms with van der Waals surface area (Å²) in [5.74, 6) is 0. The van der Waals surface area contributed by atoms with E-state index in [-0.39, 0.29) is 4.84 Å². The van der Waals surface area contributed by atoms with E-state index in [1.807, 2.05) is 6.55 Å². The van der Waals surface area contributed by atoms with Crippen molar-refractivity contribution in [1.82, 2.24) is 0 Å². The molecule has 49 valence electrons. The minimum atomic E-state index is -0.626. The first kappa shape index (κ1) is 9.09. The van der Waals surface area contributed by atoms with Gasteiger partial charge < -0.3 is 0 Å². The second-order valence-corrected chi connectivity index (χ2v) is 6.67. The summed E-state index contributed by atoms with van der Waals surface area (Å²) in [6, 6.07) is 0.990. The quantitative estimate of drug-likeness (QED) is 0.365. The monoisotopic (exact) mass is 189 g/mol. The van der Waals surface area contributed by atoms with Gasteiger partial charge in [0.15, 0.2) is 8.11 Å². The Morgan fingerprint density at radius 2 is 2.00 bits per heavy atom. The average Bonchev–Trinajstić information content (AvgIpc) is 1.61. The standard InChI is InChI=1S/C4H8Cl3Si/c1-8(7)3-2-4(5)6/h4H,2-3H2,1H3. The highest BCUT2D eigenvalue weighted by Crippen LogP contribution is 2.12. The summed E-state index contributed by atoms with van der Waals surface area (Å²) >= 11 is 16.6. The van der Waals surface area contributed by atoms with Crippen molar-refractivity contribution >= 4 is 42.4 Å². The number of hydrogen-bond donors (Lipinski definition) is 0. The maximum atomic E-state index is 5.71. The average molecular weight is 191 g/mol. The van der Waals surface area contributed by atoms with Gasteiger partial charge >= 0.3 is 0 Å². The highest BCUT2D eigenvalue weighted by Gasteiger charge is 2.03. The van der Waals surface area contributed by atoms with Crippen molar-refractivity contribution in [3.8, 4) is 0 Å². The van der Waals surface area contributed by atoms with E-state index in [1.165, 1.54) is 0 Å². The Labute approximate surface area is 66.4 Å². The van der Waals surface area contributed by atoms with Gasteiger partial charge in [-0.25, -0.2) is 0 Å². The van der Waals surface area contributed by atoms with Crippen LogP contribution in [0.2, 0.25) is 12.6 Å². The molecule has 0 aromatic carbocycles. The molecular weight excluding hydrogens is 182 g/mol. The lowest BCUT2D eigenvalue weighted by Gasteiger charge is -1.98. The number of rotatable bonds is 3. The van der Waals surface area contributed by atoms with Gasteiger partial charge in [-0.3, -0.25) is 0 Å². The molecule has 8 heavy (non-hydrogen) atoms. The van der Waals surface area contributed by atoms with Crippen LogP contribution in [-0.2, 0) is 0 Å². The van der Waals surface area contributed by atoms with Gasteiger partial charge in [0.25, 0.3) is 0 Å². The second-order valence-electron chi connectivity index (χ2n) is 1.61. The molecule has 0 fully saturated rings. The molecule has 1 radical (unpaired) electrons. The third-order valence-electron chi connectivity index (χ3n) is 0.707. The predicted octanol–water partition coefficient (Wildman–Crippen LogP) is 3.04. The second kappa shape index (κ2) is 4.92. The van der Waals surface area contributed by atoms with E-state index in [0.29, 0.717) is 0 Å². The maximum absolute atomic E-state index is 5.71. The topological polar surface area (TPSA) is 0 Å². The zero-order valence-corrected chi connectivity index (χ0v) is 7.89. The molecule has 0 aromatic heterocycles. The van der Waals surface area contributed by atoms with E-state index < -0.39 is 8.11 Å². The van der Waals surface area contributed by atoms with Crippen LogP contribution in [0.4, 0.5) is 0 Å². The highest BCUT2D eigenvalue weighted by atomic mass is 35.6. The minimum Gasteiger partial charge on any atom is -0.169 e. The van der Waals surface area contributed by atoms with Crippen molar-refractivity contribution in [2.75, 3.05) is 0 Å². The Kier molecular flexibility index (Phi) is 5.59. The molecule has 0 rings (SSSR count). The molecule has 0 amide bonds. The van der Waals surface area contributed by atoms with Crippen LogP contribution in [0.3, 0.4) is 0 Å². The van der Waals surface area contributed by atoms with Crippen molar-refractivity contribution < 1.29 is 0 Å². The van der Waals surface area contributed by atoms with E-state index in [0.717, 1.165) is 12.5 Å². The molecule has 0 heterocycles. The lowest BCUT2D eigenvalue weighted by molar-refractivity contribution is 1.02. The van der Waals surface area contributed by atoms with Crippen molar-refractivity contribution in [2.24, 2.45) is 0 Å². The third kappa shape index (κ3) is 7.09. The van der Waals surface area contributed by atoms with Crippen molar-refractivity contribution in [2.45, 2.75) is 23.8 Å². The molecule has 0 unspecified atom stereocenters. The van der Waals surface area contributed by atoms with Crippen LogP contribution in [0.15, 0.2) is 0 Å². The van der Waals surface area contributed by atoms with Crippen LogP contribution in [0.25, 0.3) is 0 Å². The van der Waals surface area contributed by atoms with Crippen LogP contribution in [0, 0.1) is 0 Å². The van der Waals surface area contributed by atoms with E-state index in [2.05, 4.69) is 0 Å². The van der Waals surface area contributed by atoms with Crippen LogP contribution >= 0.6 is 34.3 Å². The summed E-state index contributed by atoms with van der Waals surface area (Å²) in [6.07, 6.45) is 0.831. The third-order valence-corrected chi connectivity index (χ3v) is 2.69. The first-order valence-electron chi connectivity index (χ1n) is 2.39. The molecule has 0 atom stereocenters. The van der Waals surface area contributed by atoms with Gasteiger partial charge in [-0.2, -0.15) is 11.1 Å². The van der Waals surface area contributed by atoms with E-state index >= 15 is 0 Å². The van der Waals surface area contributed by atoms with Gasteiger partial charge in [-0.1, -0.05) is 6.55 Å². The Hall–Kier alpha value is 1.09. The largest absolute Gasteiger partial charge is 0.169 e. The van der Waals surface area contributed by atoms with Gasteiger partial charge in [0.05, 0.1) is 0 Å². The molecule has 0 nitrogen and oxygen atoms in total. The van der Waals surface area contributed by atoms with Crippen LogP contribution < -0.4 is 0 Å². The SMILES string of the molecule is C[Si](Cl)CCC(Cl)Cl. The molecule has 0 aliphatic rings. The summed E-state index contributed by atoms with van der Waals surface area (Å²) in [6.45, 7) is 2.03. The molecule has 0 bridgehead atoms. The summed E-state index contributed by atoms with van der Waals surface area (Å²) < 4.78 is 0. The van der Waals surface area contributed by atoms with Crippen LogP contribution in [0.1, 0.15) is 6.42 Å². The highest BCUT2D eigenvalue weighted by molar-refractivity contribution is 7.06.